The Morgan fingerprint density at radius 3 is 3.27 bits per heavy atom. The summed E-state index contributed by atoms with van der Waals surface area (Å²) in [7, 11) is 0. The van der Waals surface area contributed by atoms with Gasteiger partial charge in [-0.15, -0.1) is 0 Å². The molecule has 84 valence electrons. The highest BCUT2D eigenvalue weighted by Crippen LogP contribution is 2.03. The summed E-state index contributed by atoms with van der Waals surface area (Å²) in [5.41, 5.74) is 0. The molecule has 2 atom stereocenters. The quantitative estimate of drug-likeness (QED) is 0.745. The molecular formula is C11H20N4. The number of hydrogen-bond donors (Lipinski definition) is 2. The van der Waals surface area contributed by atoms with Crippen molar-refractivity contribution in [2.45, 2.75) is 38.4 Å². The smallest absolute Gasteiger partial charge is 0.0559 e. The Hall–Kier alpha value is -0.870. The zero-order chi connectivity index (χ0) is 10.5. The van der Waals surface area contributed by atoms with Gasteiger partial charge in [0.15, 0.2) is 0 Å². The highest BCUT2D eigenvalue weighted by atomic mass is 15.3. The van der Waals surface area contributed by atoms with Crippen molar-refractivity contribution in [3.05, 3.63) is 18.5 Å². The minimum atomic E-state index is 0.479. The van der Waals surface area contributed by atoms with E-state index in [9.17, 15) is 0 Å². The van der Waals surface area contributed by atoms with E-state index < -0.39 is 0 Å². The van der Waals surface area contributed by atoms with Gasteiger partial charge in [0, 0.05) is 31.0 Å². The number of rotatable bonds is 5. The van der Waals surface area contributed by atoms with Crippen LogP contribution in [0, 0.1) is 0 Å². The molecule has 1 aromatic heterocycles. The largest absolute Gasteiger partial charge is 0.313 e. The molecule has 1 aliphatic heterocycles. The van der Waals surface area contributed by atoms with Crippen LogP contribution in [0.2, 0.25) is 0 Å². The van der Waals surface area contributed by atoms with Crippen molar-refractivity contribution in [1.29, 1.82) is 0 Å². The average molecular weight is 208 g/mol. The fourth-order valence-corrected chi connectivity index (χ4v) is 2.03. The second kappa shape index (κ2) is 5.28. The Morgan fingerprint density at radius 1 is 1.67 bits per heavy atom. The second-order valence-corrected chi connectivity index (χ2v) is 4.33. The van der Waals surface area contributed by atoms with Gasteiger partial charge in [-0.05, 0) is 32.4 Å². The maximum Gasteiger partial charge on any atom is 0.0559 e. The normalized spacial score (nSPS) is 23.1. The highest BCUT2D eigenvalue weighted by molar-refractivity contribution is 4.80. The van der Waals surface area contributed by atoms with E-state index in [2.05, 4.69) is 22.7 Å². The molecule has 2 heterocycles. The maximum atomic E-state index is 4.20. The van der Waals surface area contributed by atoms with Crippen molar-refractivity contribution in [2.75, 3.05) is 13.1 Å². The molecule has 1 aromatic rings. The molecule has 1 fully saturated rings. The van der Waals surface area contributed by atoms with Crippen LogP contribution in [0.25, 0.3) is 0 Å². The molecule has 0 radical (unpaired) electrons. The van der Waals surface area contributed by atoms with E-state index in [1.54, 1.807) is 0 Å². The standard InChI is InChI=1S/C11H20N4/c1-10(9-15-7-3-6-14-15)13-8-11-4-2-5-12-11/h3,6-7,10-13H,2,4-5,8-9H2,1H3. The Kier molecular flexibility index (Phi) is 3.75. The van der Waals surface area contributed by atoms with E-state index in [0.29, 0.717) is 12.1 Å². The van der Waals surface area contributed by atoms with Crippen LogP contribution >= 0.6 is 0 Å². The first-order chi connectivity index (χ1) is 7.34. The molecule has 4 nitrogen and oxygen atoms in total. The van der Waals surface area contributed by atoms with Crippen molar-refractivity contribution < 1.29 is 0 Å². The Labute approximate surface area is 91.1 Å². The topological polar surface area (TPSA) is 41.9 Å². The van der Waals surface area contributed by atoms with Gasteiger partial charge in [0.1, 0.15) is 0 Å². The predicted molar refractivity (Wildman–Crippen MR) is 60.7 cm³/mol. The Bertz CT molecular complexity index is 264. The summed E-state index contributed by atoms with van der Waals surface area (Å²) < 4.78 is 1.97. The third kappa shape index (κ3) is 3.32. The van der Waals surface area contributed by atoms with Crippen LogP contribution in [0.15, 0.2) is 18.5 Å². The summed E-state index contributed by atoms with van der Waals surface area (Å²) in [4.78, 5) is 0. The zero-order valence-corrected chi connectivity index (χ0v) is 9.32. The average Bonchev–Trinajstić information content (AvgIpc) is 2.86. The number of aromatic nitrogens is 2. The van der Waals surface area contributed by atoms with Crippen LogP contribution in [-0.4, -0.2) is 35.0 Å². The van der Waals surface area contributed by atoms with Gasteiger partial charge in [-0.3, -0.25) is 4.68 Å². The molecule has 0 saturated carbocycles. The van der Waals surface area contributed by atoms with Gasteiger partial charge < -0.3 is 10.6 Å². The molecule has 0 aliphatic carbocycles. The number of nitrogens with zero attached hydrogens (tertiary/aromatic N) is 2. The summed E-state index contributed by atoms with van der Waals surface area (Å²) in [5.74, 6) is 0. The van der Waals surface area contributed by atoms with Crippen molar-refractivity contribution >= 4 is 0 Å². The van der Waals surface area contributed by atoms with Gasteiger partial charge in [0.2, 0.25) is 0 Å². The third-order valence-corrected chi connectivity index (χ3v) is 2.90. The van der Waals surface area contributed by atoms with E-state index in [1.807, 2.05) is 23.1 Å². The zero-order valence-electron chi connectivity index (χ0n) is 9.32. The molecule has 1 aliphatic rings. The first kappa shape index (κ1) is 10.6. The Morgan fingerprint density at radius 2 is 2.60 bits per heavy atom. The van der Waals surface area contributed by atoms with Crippen LogP contribution in [-0.2, 0) is 6.54 Å². The summed E-state index contributed by atoms with van der Waals surface area (Å²) in [6.07, 6.45) is 6.46. The molecule has 15 heavy (non-hydrogen) atoms. The van der Waals surface area contributed by atoms with Gasteiger partial charge in [0.25, 0.3) is 0 Å². The first-order valence-electron chi connectivity index (χ1n) is 5.79. The summed E-state index contributed by atoms with van der Waals surface area (Å²) >= 11 is 0. The van der Waals surface area contributed by atoms with Gasteiger partial charge in [0.05, 0.1) is 6.54 Å². The molecule has 4 heteroatoms. The van der Waals surface area contributed by atoms with Crippen LogP contribution in [0.4, 0.5) is 0 Å². The van der Waals surface area contributed by atoms with Crippen molar-refractivity contribution in [3.8, 4) is 0 Å². The molecule has 2 rings (SSSR count). The minimum Gasteiger partial charge on any atom is -0.313 e. The monoisotopic (exact) mass is 208 g/mol. The van der Waals surface area contributed by atoms with Crippen LogP contribution in [0.3, 0.4) is 0 Å². The fraction of sp³-hybridized carbons (Fsp3) is 0.727. The summed E-state index contributed by atoms with van der Waals surface area (Å²) in [6.45, 7) is 5.40. The molecule has 2 N–H and O–H groups in total. The lowest BCUT2D eigenvalue weighted by molar-refractivity contribution is 0.423. The van der Waals surface area contributed by atoms with Crippen molar-refractivity contribution in [1.82, 2.24) is 20.4 Å². The third-order valence-electron chi connectivity index (χ3n) is 2.90. The van der Waals surface area contributed by atoms with Crippen LogP contribution in [0.5, 0.6) is 0 Å². The molecule has 0 aromatic carbocycles. The van der Waals surface area contributed by atoms with E-state index in [-0.39, 0.29) is 0 Å². The molecule has 1 saturated heterocycles. The van der Waals surface area contributed by atoms with Gasteiger partial charge in [-0.25, -0.2) is 0 Å². The van der Waals surface area contributed by atoms with Crippen LogP contribution < -0.4 is 10.6 Å². The van der Waals surface area contributed by atoms with E-state index in [0.717, 1.165) is 13.1 Å². The Balaban J connectivity index is 1.66. The minimum absolute atomic E-state index is 0.479. The fourth-order valence-electron chi connectivity index (χ4n) is 2.03. The lowest BCUT2D eigenvalue weighted by Gasteiger charge is -2.17. The lowest BCUT2D eigenvalue weighted by Crippen LogP contribution is -2.40. The molecule has 0 spiro atoms. The van der Waals surface area contributed by atoms with Gasteiger partial charge in [-0.1, -0.05) is 0 Å². The SMILES string of the molecule is CC(Cn1cccn1)NCC1CCCN1. The van der Waals surface area contributed by atoms with Gasteiger partial charge in [-0.2, -0.15) is 5.10 Å². The molecular weight excluding hydrogens is 188 g/mol. The number of nitrogens with one attached hydrogen (secondary N) is 2. The van der Waals surface area contributed by atoms with E-state index >= 15 is 0 Å². The molecule has 0 amide bonds. The summed E-state index contributed by atoms with van der Waals surface area (Å²) in [5, 5.41) is 11.2. The van der Waals surface area contributed by atoms with Crippen molar-refractivity contribution in [3.63, 3.8) is 0 Å². The predicted octanol–water partition coefficient (Wildman–Crippen LogP) is 0.613. The van der Waals surface area contributed by atoms with E-state index in [4.69, 9.17) is 0 Å². The maximum absolute atomic E-state index is 4.20. The molecule has 0 bridgehead atoms. The van der Waals surface area contributed by atoms with Crippen molar-refractivity contribution in [2.24, 2.45) is 0 Å². The van der Waals surface area contributed by atoms with Gasteiger partial charge >= 0.3 is 0 Å². The van der Waals surface area contributed by atoms with Crippen LogP contribution in [0.1, 0.15) is 19.8 Å². The number of hydrogen-bond acceptors (Lipinski definition) is 3. The summed E-state index contributed by atoms with van der Waals surface area (Å²) in [6, 6.07) is 3.11. The molecule has 2 unspecified atom stereocenters. The van der Waals surface area contributed by atoms with E-state index in [1.165, 1.54) is 19.4 Å². The highest BCUT2D eigenvalue weighted by Gasteiger charge is 2.14. The lowest BCUT2D eigenvalue weighted by atomic mass is 10.2. The first-order valence-corrected chi connectivity index (χ1v) is 5.79. The second-order valence-electron chi connectivity index (χ2n) is 4.33.